The molecule has 4 nitrogen and oxygen atoms in total. The topological polar surface area (TPSA) is 75.4 Å². The maximum Gasteiger partial charge on any atom is 0.226 e. The molecule has 0 aromatic rings. The first-order valence-electron chi connectivity index (χ1n) is 6.48. The van der Waals surface area contributed by atoms with Crippen molar-refractivity contribution < 1.29 is 9.90 Å². The number of rotatable bonds is 3. The molecule has 2 saturated carbocycles. The zero-order chi connectivity index (χ0) is 12.9. The zero-order valence-electron chi connectivity index (χ0n) is 11.0. The monoisotopic (exact) mass is 240 g/mol. The molecule has 0 heterocycles. The van der Waals surface area contributed by atoms with Gasteiger partial charge in [-0.05, 0) is 30.1 Å². The van der Waals surface area contributed by atoms with Crippen LogP contribution in [0.2, 0.25) is 0 Å². The molecule has 0 aliphatic heterocycles. The van der Waals surface area contributed by atoms with E-state index < -0.39 is 5.41 Å². The quantitative estimate of drug-likeness (QED) is 0.677. The first-order chi connectivity index (χ1) is 7.82. The van der Waals surface area contributed by atoms with E-state index in [1.165, 1.54) is 0 Å². The summed E-state index contributed by atoms with van der Waals surface area (Å²) in [5, 5.41) is 13.2. The molecule has 4 heteroatoms. The molecule has 0 spiro atoms. The van der Waals surface area contributed by atoms with Gasteiger partial charge in [-0.2, -0.15) is 0 Å². The lowest BCUT2D eigenvalue weighted by Crippen LogP contribution is -2.47. The second-order valence-corrected chi connectivity index (χ2v) is 6.39. The molecule has 1 amide bonds. The molecule has 2 aliphatic carbocycles. The van der Waals surface area contributed by atoms with Gasteiger partial charge in [0.2, 0.25) is 5.91 Å². The van der Waals surface area contributed by atoms with Crippen LogP contribution in [0.4, 0.5) is 0 Å². The molecule has 3 atom stereocenters. The Balaban J connectivity index is 2.30. The van der Waals surface area contributed by atoms with Crippen LogP contribution in [-0.2, 0) is 4.79 Å². The van der Waals surface area contributed by atoms with Gasteiger partial charge < -0.3 is 16.2 Å². The minimum absolute atomic E-state index is 0.0771. The second-order valence-electron chi connectivity index (χ2n) is 6.39. The van der Waals surface area contributed by atoms with E-state index in [0.717, 1.165) is 12.8 Å². The van der Waals surface area contributed by atoms with Gasteiger partial charge in [0.05, 0.1) is 11.5 Å². The van der Waals surface area contributed by atoms with Crippen molar-refractivity contribution in [2.24, 2.45) is 22.0 Å². The lowest BCUT2D eigenvalue weighted by molar-refractivity contribution is -0.136. The number of nitrogens with one attached hydrogen (secondary N) is 1. The summed E-state index contributed by atoms with van der Waals surface area (Å²) in [5.74, 6) is 0.0771. The summed E-state index contributed by atoms with van der Waals surface area (Å²) in [4.78, 5) is 12.4. The van der Waals surface area contributed by atoms with Crippen molar-refractivity contribution in [3.8, 4) is 0 Å². The molecule has 17 heavy (non-hydrogen) atoms. The van der Waals surface area contributed by atoms with Gasteiger partial charge in [-0.3, -0.25) is 4.79 Å². The average molecular weight is 240 g/mol. The van der Waals surface area contributed by atoms with E-state index in [1.54, 1.807) is 0 Å². The molecule has 0 aromatic heterocycles. The van der Waals surface area contributed by atoms with Crippen LogP contribution < -0.4 is 11.1 Å². The molecule has 2 fully saturated rings. The highest BCUT2D eigenvalue weighted by Crippen LogP contribution is 2.72. The fourth-order valence-corrected chi connectivity index (χ4v) is 3.99. The van der Waals surface area contributed by atoms with Crippen LogP contribution in [0.5, 0.6) is 0 Å². The van der Waals surface area contributed by atoms with Crippen molar-refractivity contribution in [2.45, 2.75) is 46.1 Å². The van der Waals surface area contributed by atoms with Gasteiger partial charge >= 0.3 is 0 Å². The van der Waals surface area contributed by atoms with E-state index in [0.29, 0.717) is 19.5 Å². The Bertz CT molecular complexity index is 342. The van der Waals surface area contributed by atoms with E-state index in [2.05, 4.69) is 26.1 Å². The molecule has 0 unspecified atom stereocenters. The normalized spacial score (nSPS) is 42.8. The molecule has 98 valence electrons. The molecular formula is C13H24N2O2. The summed E-state index contributed by atoms with van der Waals surface area (Å²) < 4.78 is 0. The highest BCUT2D eigenvalue weighted by atomic mass is 16.3. The van der Waals surface area contributed by atoms with Gasteiger partial charge in [0.1, 0.15) is 0 Å². The number of nitrogens with two attached hydrogens (primary N) is 1. The minimum Gasteiger partial charge on any atom is -0.393 e. The predicted molar refractivity (Wildman–Crippen MR) is 66.2 cm³/mol. The number of hydrogen-bond acceptors (Lipinski definition) is 3. The molecule has 2 bridgehead atoms. The van der Waals surface area contributed by atoms with Crippen LogP contribution in [0.1, 0.15) is 40.0 Å². The molecular weight excluding hydrogens is 216 g/mol. The van der Waals surface area contributed by atoms with Gasteiger partial charge in [-0.25, -0.2) is 0 Å². The number of aliphatic hydroxyl groups is 1. The SMILES string of the molecule is CC1(C)[C@@]2(C(=O)NCCN)CC[C@]1(C)[C@@H](O)C2. The maximum atomic E-state index is 12.4. The van der Waals surface area contributed by atoms with Gasteiger partial charge in [0.25, 0.3) is 0 Å². The van der Waals surface area contributed by atoms with E-state index in [9.17, 15) is 9.90 Å². The third-order valence-corrected chi connectivity index (χ3v) is 5.84. The highest BCUT2D eigenvalue weighted by Gasteiger charge is 2.71. The first-order valence-corrected chi connectivity index (χ1v) is 6.48. The van der Waals surface area contributed by atoms with E-state index in [-0.39, 0.29) is 22.8 Å². The summed E-state index contributed by atoms with van der Waals surface area (Å²) in [6, 6.07) is 0. The van der Waals surface area contributed by atoms with E-state index in [4.69, 9.17) is 5.73 Å². The Hall–Kier alpha value is -0.610. The van der Waals surface area contributed by atoms with Crippen molar-refractivity contribution in [3.05, 3.63) is 0 Å². The lowest BCUT2D eigenvalue weighted by atomic mass is 9.64. The summed E-state index contributed by atoms with van der Waals surface area (Å²) in [6.07, 6.45) is 2.03. The fourth-order valence-electron chi connectivity index (χ4n) is 3.99. The number of amides is 1. The van der Waals surface area contributed by atoms with Crippen molar-refractivity contribution in [1.29, 1.82) is 0 Å². The van der Waals surface area contributed by atoms with Crippen molar-refractivity contribution >= 4 is 5.91 Å². The van der Waals surface area contributed by atoms with Crippen LogP contribution in [0.15, 0.2) is 0 Å². The van der Waals surface area contributed by atoms with Crippen LogP contribution in [0.25, 0.3) is 0 Å². The maximum absolute atomic E-state index is 12.4. The van der Waals surface area contributed by atoms with Gasteiger partial charge in [0, 0.05) is 13.1 Å². The number of carbonyl (C=O) groups excluding carboxylic acids is 1. The predicted octanol–water partition coefficient (Wildman–Crippen LogP) is 0.639. The van der Waals surface area contributed by atoms with Crippen LogP contribution >= 0.6 is 0 Å². The molecule has 0 aromatic carbocycles. The molecule has 4 N–H and O–H groups in total. The van der Waals surface area contributed by atoms with Crippen LogP contribution in [-0.4, -0.2) is 30.2 Å². The average Bonchev–Trinajstić information content (AvgIpc) is 2.56. The Labute approximate surface area is 103 Å². The minimum atomic E-state index is -0.406. The second kappa shape index (κ2) is 3.69. The standard InChI is InChI=1S/C13H24N2O2/c1-11(2)12(3)4-5-13(11,8-9(12)16)10(17)15-7-6-14/h9,16H,4-8,14H2,1-3H3,(H,15,17)/t9-,12+,13-/m0/s1. The van der Waals surface area contributed by atoms with Crippen molar-refractivity contribution in [2.75, 3.05) is 13.1 Å². The molecule has 0 radical (unpaired) electrons. The molecule has 2 rings (SSSR count). The zero-order valence-corrected chi connectivity index (χ0v) is 11.0. The van der Waals surface area contributed by atoms with Gasteiger partial charge in [-0.1, -0.05) is 20.8 Å². The highest BCUT2D eigenvalue weighted by molar-refractivity contribution is 5.85. The number of fused-ring (bicyclic) bond motifs is 2. The van der Waals surface area contributed by atoms with Gasteiger partial charge in [0.15, 0.2) is 0 Å². The third kappa shape index (κ3) is 1.34. The van der Waals surface area contributed by atoms with E-state index in [1.807, 2.05) is 0 Å². The summed E-state index contributed by atoms with van der Waals surface area (Å²) in [7, 11) is 0. The summed E-state index contributed by atoms with van der Waals surface area (Å²) in [5.41, 5.74) is 4.73. The number of hydrogen-bond donors (Lipinski definition) is 3. The Morgan fingerprint density at radius 1 is 1.41 bits per heavy atom. The third-order valence-electron chi connectivity index (χ3n) is 5.84. The molecule has 0 saturated heterocycles. The summed E-state index contributed by atoms with van der Waals surface area (Å²) in [6.45, 7) is 7.34. The van der Waals surface area contributed by atoms with Crippen LogP contribution in [0.3, 0.4) is 0 Å². The van der Waals surface area contributed by atoms with Crippen molar-refractivity contribution in [3.63, 3.8) is 0 Å². The van der Waals surface area contributed by atoms with E-state index >= 15 is 0 Å². The fraction of sp³-hybridized carbons (Fsp3) is 0.923. The lowest BCUT2D eigenvalue weighted by Gasteiger charge is -2.40. The summed E-state index contributed by atoms with van der Waals surface area (Å²) >= 11 is 0. The molecule has 2 aliphatic rings. The Morgan fingerprint density at radius 3 is 2.47 bits per heavy atom. The largest absolute Gasteiger partial charge is 0.393 e. The number of aliphatic hydroxyl groups excluding tert-OH is 1. The Morgan fingerprint density at radius 2 is 2.06 bits per heavy atom. The number of carbonyl (C=O) groups is 1. The first kappa shape index (κ1) is 12.8. The smallest absolute Gasteiger partial charge is 0.226 e. The van der Waals surface area contributed by atoms with Crippen molar-refractivity contribution in [1.82, 2.24) is 5.32 Å². The van der Waals surface area contributed by atoms with Crippen LogP contribution in [0, 0.1) is 16.2 Å². The van der Waals surface area contributed by atoms with Gasteiger partial charge in [-0.15, -0.1) is 0 Å². The Kier molecular flexibility index (Phi) is 2.79.